The van der Waals surface area contributed by atoms with Crippen molar-refractivity contribution in [2.24, 2.45) is 0 Å². The molecule has 0 aliphatic rings. The van der Waals surface area contributed by atoms with Crippen molar-refractivity contribution in [2.75, 3.05) is 6.61 Å². The number of aryl methyl sites for hydroxylation is 2. The molecule has 2 rings (SSSR count). The lowest BCUT2D eigenvalue weighted by atomic mass is 10.1. The van der Waals surface area contributed by atoms with Gasteiger partial charge in [-0.25, -0.2) is 9.78 Å². The first kappa shape index (κ1) is 15.0. The van der Waals surface area contributed by atoms with Gasteiger partial charge in [-0.05, 0) is 33.8 Å². The minimum absolute atomic E-state index is 0.266. The molecule has 1 N–H and O–H groups in total. The third-order valence-corrected chi connectivity index (χ3v) is 2.98. The molecule has 7 heteroatoms. The minimum Gasteiger partial charge on any atom is -0.464 e. The van der Waals surface area contributed by atoms with Crippen LogP contribution in [-0.2, 0) is 9.53 Å². The van der Waals surface area contributed by atoms with E-state index in [4.69, 9.17) is 9.26 Å². The molecule has 1 amide bonds. The van der Waals surface area contributed by atoms with Crippen LogP contribution in [0.4, 0.5) is 0 Å². The molecule has 0 aromatic carbocycles. The maximum Gasteiger partial charge on any atom is 0.328 e. The number of pyridine rings is 1. The van der Waals surface area contributed by atoms with Gasteiger partial charge in [0.1, 0.15) is 6.04 Å². The van der Waals surface area contributed by atoms with E-state index in [-0.39, 0.29) is 6.61 Å². The summed E-state index contributed by atoms with van der Waals surface area (Å²) in [6.07, 6.45) is 0. The van der Waals surface area contributed by atoms with Crippen molar-refractivity contribution in [3.63, 3.8) is 0 Å². The molecule has 2 aromatic rings. The summed E-state index contributed by atoms with van der Waals surface area (Å²) >= 11 is 0. The summed E-state index contributed by atoms with van der Waals surface area (Å²) in [6.45, 7) is 7.03. The lowest BCUT2D eigenvalue weighted by Crippen LogP contribution is -2.39. The average Bonchev–Trinajstić information content (AvgIpc) is 2.79. The first-order chi connectivity index (χ1) is 9.93. The second-order valence-corrected chi connectivity index (χ2v) is 4.71. The number of carbonyl (C=O) groups is 2. The smallest absolute Gasteiger partial charge is 0.328 e. The van der Waals surface area contributed by atoms with Crippen LogP contribution in [0.3, 0.4) is 0 Å². The number of nitrogens with one attached hydrogen (secondary N) is 1. The number of rotatable bonds is 4. The van der Waals surface area contributed by atoms with E-state index in [1.165, 1.54) is 0 Å². The molecule has 0 bridgehead atoms. The molecule has 0 radical (unpaired) electrons. The molecule has 0 aliphatic carbocycles. The topological polar surface area (TPSA) is 94.3 Å². The van der Waals surface area contributed by atoms with Gasteiger partial charge in [-0.3, -0.25) is 4.79 Å². The van der Waals surface area contributed by atoms with Crippen LogP contribution in [-0.4, -0.2) is 34.7 Å². The number of hydrogen-bond donors (Lipinski definition) is 1. The molecule has 1 unspecified atom stereocenters. The van der Waals surface area contributed by atoms with Crippen molar-refractivity contribution < 1.29 is 18.8 Å². The third kappa shape index (κ3) is 3.01. The second-order valence-electron chi connectivity index (χ2n) is 4.71. The van der Waals surface area contributed by atoms with Gasteiger partial charge < -0.3 is 14.6 Å². The Hall–Kier alpha value is -2.44. The quantitative estimate of drug-likeness (QED) is 0.858. The molecule has 0 saturated heterocycles. The highest BCUT2D eigenvalue weighted by Gasteiger charge is 2.22. The van der Waals surface area contributed by atoms with Crippen LogP contribution in [0.5, 0.6) is 0 Å². The van der Waals surface area contributed by atoms with Gasteiger partial charge in [0, 0.05) is 5.69 Å². The summed E-state index contributed by atoms with van der Waals surface area (Å²) < 4.78 is 9.94. The summed E-state index contributed by atoms with van der Waals surface area (Å²) in [5.74, 6) is -0.868. The number of esters is 1. The SMILES string of the molecule is CCOC(=O)C(C)NC(=O)c1cc(C)nc2onc(C)c12. The maximum absolute atomic E-state index is 12.4. The largest absolute Gasteiger partial charge is 0.464 e. The van der Waals surface area contributed by atoms with Gasteiger partial charge in [0.05, 0.1) is 23.3 Å². The molecule has 0 fully saturated rings. The van der Waals surface area contributed by atoms with Gasteiger partial charge >= 0.3 is 5.97 Å². The molecule has 1 atom stereocenters. The van der Waals surface area contributed by atoms with E-state index in [0.717, 1.165) is 0 Å². The summed E-state index contributed by atoms with van der Waals surface area (Å²) in [5.41, 5.74) is 1.90. The van der Waals surface area contributed by atoms with Gasteiger partial charge in [0.25, 0.3) is 11.6 Å². The molecule has 0 saturated carbocycles. The molecule has 112 valence electrons. The number of amides is 1. The predicted octanol–water partition coefficient (Wildman–Crippen LogP) is 1.52. The summed E-state index contributed by atoms with van der Waals surface area (Å²) in [6, 6.07) is 0.904. The third-order valence-electron chi connectivity index (χ3n) is 2.98. The molecule has 0 spiro atoms. The fourth-order valence-electron chi connectivity index (χ4n) is 2.00. The number of hydrogen-bond acceptors (Lipinski definition) is 6. The average molecular weight is 291 g/mol. The van der Waals surface area contributed by atoms with Crippen molar-refractivity contribution in [1.29, 1.82) is 0 Å². The molecular formula is C14H17N3O4. The van der Waals surface area contributed by atoms with Crippen LogP contribution in [0, 0.1) is 13.8 Å². The van der Waals surface area contributed by atoms with E-state index in [0.29, 0.717) is 28.1 Å². The molecular weight excluding hydrogens is 274 g/mol. The first-order valence-electron chi connectivity index (χ1n) is 6.65. The number of fused-ring (bicyclic) bond motifs is 1. The zero-order valence-corrected chi connectivity index (χ0v) is 12.4. The number of ether oxygens (including phenoxy) is 1. The zero-order valence-electron chi connectivity index (χ0n) is 12.4. The lowest BCUT2D eigenvalue weighted by molar-refractivity contribution is -0.144. The molecule has 2 heterocycles. The van der Waals surface area contributed by atoms with Crippen molar-refractivity contribution in [2.45, 2.75) is 33.7 Å². The lowest BCUT2D eigenvalue weighted by Gasteiger charge is -2.13. The molecule has 7 nitrogen and oxygen atoms in total. The van der Waals surface area contributed by atoms with Gasteiger partial charge in [-0.1, -0.05) is 5.16 Å². The first-order valence-corrected chi connectivity index (χ1v) is 6.65. The summed E-state index contributed by atoms with van der Waals surface area (Å²) in [5, 5.41) is 6.97. The Balaban J connectivity index is 2.31. The van der Waals surface area contributed by atoms with E-state index in [1.54, 1.807) is 33.8 Å². The second kappa shape index (κ2) is 5.90. The predicted molar refractivity (Wildman–Crippen MR) is 74.8 cm³/mol. The highest BCUT2D eigenvalue weighted by Crippen LogP contribution is 2.21. The van der Waals surface area contributed by atoms with Crippen LogP contribution in [0.1, 0.15) is 35.6 Å². The normalized spacial score (nSPS) is 12.2. The Labute approximate surface area is 121 Å². The van der Waals surface area contributed by atoms with Crippen molar-refractivity contribution in [1.82, 2.24) is 15.5 Å². The van der Waals surface area contributed by atoms with Crippen molar-refractivity contribution >= 4 is 23.0 Å². The van der Waals surface area contributed by atoms with Gasteiger partial charge in [-0.15, -0.1) is 0 Å². The van der Waals surface area contributed by atoms with Gasteiger partial charge in [-0.2, -0.15) is 0 Å². The number of aromatic nitrogens is 2. The number of carbonyl (C=O) groups excluding carboxylic acids is 2. The molecule has 2 aromatic heterocycles. The van der Waals surface area contributed by atoms with Crippen LogP contribution in [0.15, 0.2) is 10.6 Å². The Kier molecular flexibility index (Phi) is 4.21. The van der Waals surface area contributed by atoms with E-state index < -0.39 is 17.9 Å². The Morgan fingerprint density at radius 2 is 2.14 bits per heavy atom. The summed E-state index contributed by atoms with van der Waals surface area (Å²) in [7, 11) is 0. The van der Waals surface area contributed by atoms with Gasteiger partial charge in [0.15, 0.2) is 0 Å². The van der Waals surface area contributed by atoms with Crippen LogP contribution < -0.4 is 5.32 Å². The Morgan fingerprint density at radius 3 is 2.81 bits per heavy atom. The summed E-state index contributed by atoms with van der Waals surface area (Å²) in [4.78, 5) is 28.1. The van der Waals surface area contributed by atoms with E-state index in [1.807, 2.05) is 0 Å². The highest BCUT2D eigenvalue weighted by atomic mass is 16.5. The van der Waals surface area contributed by atoms with E-state index in [9.17, 15) is 9.59 Å². The highest BCUT2D eigenvalue weighted by molar-refractivity contribution is 6.07. The van der Waals surface area contributed by atoms with Crippen LogP contribution >= 0.6 is 0 Å². The van der Waals surface area contributed by atoms with E-state index in [2.05, 4.69) is 15.5 Å². The Morgan fingerprint density at radius 1 is 1.43 bits per heavy atom. The van der Waals surface area contributed by atoms with Crippen LogP contribution in [0.2, 0.25) is 0 Å². The molecule has 0 aliphatic heterocycles. The van der Waals surface area contributed by atoms with E-state index >= 15 is 0 Å². The zero-order chi connectivity index (χ0) is 15.6. The van der Waals surface area contributed by atoms with Crippen LogP contribution in [0.25, 0.3) is 11.1 Å². The monoisotopic (exact) mass is 291 g/mol. The van der Waals surface area contributed by atoms with Crippen molar-refractivity contribution in [3.05, 3.63) is 23.0 Å². The minimum atomic E-state index is -0.735. The number of nitrogens with zero attached hydrogens (tertiary/aromatic N) is 2. The van der Waals surface area contributed by atoms with Gasteiger partial charge in [0.2, 0.25) is 0 Å². The standard InChI is InChI=1S/C14H17N3O4/c1-5-20-14(19)9(4)16-12(18)10-6-7(2)15-13-11(10)8(3)17-21-13/h6,9H,5H2,1-4H3,(H,16,18). The van der Waals surface area contributed by atoms with Crippen molar-refractivity contribution in [3.8, 4) is 0 Å². The fraction of sp³-hybridized carbons (Fsp3) is 0.429. The Bertz CT molecular complexity index is 693. The molecule has 21 heavy (non-hydrogen) atoms. The maximum atomic E-state index is 12.4. The fourth-order valence-corrected chi connectivity index (χ4v) is 2.00.